The lowest BCUT2D eigenvalue weighted by Gasteiger charge is -2.32. The van der Waals surface area contributed by atoms with Gasteiger partial charge in [-0.1, -0.05) is 19.8 Å². The van der Waals surface area contributed by atoms with E-state index in [2.05, 4.69) is 12.2 Å². The summed E-state index contributed by atoms with van der Waals surface area (Å²) in [5.41, 5.74) is 5.05. The van der Waals surface area contributed by atoms with Gasteiger partial charge in [-0.05, 0) is 50.5 Å². The van der Waals surface area contributed by atoms with Gasteiger partial charge in [-0.15, -0.1) is 0 Å². The lowest BCUT2D eigenvalue weighted by molar-refractivity contribution is -0.128. The average Bonchev–Trinajstić information content (AvgIpc) is 3.11. The van der Waals surface area contributed by atoms with E-state index in [-0.39, 0.29) is 5.91 Å². The van der Waals surface area contributed by atoms with Crippen molar-refractivity contribution in [2.75, 3.05) is 19.8 Å². The Kier molecular flexibility index (Phi) is 5.22. The molecule has 4 nitrogen and oxygen atoms in total. The zero-order valence-electron chi connectivity index (χ0n) is 12.1. The quantitative estimate of drug-likeness (QED) is 0.670. The standard InChI is InChI=1S/C15H28N2O2/c1-2-9-17-15(14(16)18,13-7-8-13)11-19-10-12-5-3-4-6-12/h12-13,17H,2-11H2,1H3,(H2,16,18). The second-order valence-corrected chi connectivity index (χ2v) is 6.20. The highest BCUT2D eigenvalue weighted by atomic mass is 16.5. The minimum atomic E-state index is -0.616. The van der Waals surface area contributed by atoms with Crippen LogP contribution in [-0.4, -0.2) is 31.2 Å². The molecule has 0 radical (unpaired) electrons. The van der Waals surface area contributed by atoms with E-state index in [1.807, 2.05) is 0 Å². The zero-order valence-corrected chi connectivity index (χ0v) is 12.1. The molecule has 0 aliphatic heterocycles. The number of rotatable bonds is 9. The van der Waals surface area contributed by atoms with Crippen LogP contribution >= 0.6 is 0 Å². The zero-order chi connectivity index (χ0) is 13.7. The Bertz CT molecular complexity index is 299. The van der Waals surface area contributed by atoms with Crippen molar-refractivity contribution >= 4 is 5.91 Å². The van der Waals surface area contributed by atoms with Crippen molar-refractivity contribution in [2.24, 2.45) is 17.6 Å². The van der Waals surface area contributed by atoms with Crippen LogP contribution in [0.2, 0.25) is 0 Å². The van der Waals surface area contributed by atoms with Crippen LogP contribution in [0.4, 0.5) is 0 Å². The summed E-state index contributed by atoms with van der Waals surface area (Å²) in [4.78, 5) is 11.9. The SMILES string of the molecule is CCCNC(COCC1CCCC1)(C(N)=O)C1CC1. The van der Waals surface area contributed by atoms with Gasteiger partial charge >= 0.3 is 0 Å². The highest BCUT2D eigenvalue weighted by molar-refractivity contribution is 5.85. The van der Waals surface area contributed by atoms with E-state index in [1.165, 1.54) is 25.7 Å². The smallest absolute Gasteiger partial charge is 0.240 e. The Morgan fingerprint density at radius 2 is 2.00 bits per heavy atom. The third kappa shape index (κ3) is 3.69. The van der Waals surface area contributed by atoms with Crippen molar-refractivity contribution in [3.63, 3.8) is 0 Å². The third-order valence-electron chi connectivity index (χ3n) is 4.56. The van der Waals surface area contributed by atoms with Gasteiger partial charge in [0.2, 0.25) is 5.91 Å². The Morgan fingerprint density at radius 1 is 1.32 bits per heavy atom. The highest BCUT2D eigenvalue weighted by Gasteiger charge is 2.49. The van der Waals surface area contributed by atoms with Crippen molar-refractivity contribution in [1.29, 1.82) is 0 Å². The van der Waals surface area contributed by atoms with Crippen LogP contribution < -0.4 is 11.1 Å². The van der Waals surface area contributed by atoms with E-state index in [1.54, 1.807) is 0 Å². The van der Waals surface area contributed by atoms with Crippen LogP contribution in [0.3, 0.4) is 0 Å². The first kappa shape index (κ1) is 14.8. The minimum Gasteiger partial charge on any atom is -0.379 e. The number of amides is 1. The molecule has 3 N–H and O–H groups in total. The number of ether oxygens (including phenoxy) is 1. The Labute approximate surface area is 116 Å². The van der Waals surface area contributed by atoms with E-state index in [4.69, 9.17) is 10.5 Å². The average molecular weight is 268 g/mol. The second kappa shape index (κ2) is 6.71. The predicted octanol–water partition coefficient (Wildman–Crippen LogP) is 1.83. The first-order valence-electron chi connectivity index (χ1n) is 7.81. The number of carbonyl (C=O) groups is 1. The summed E-state index contributed by atoms with van der Waals surface area (Å²) in [5.74, 6) is 0.825. The molecule has 0 spiro atoms. The summed E-state index contributed by atoms with van der Waals surface area (Å²) in [6.45, 7) is 4.16. The monoisotopic (exact) mass is 268 g/mol. The summed E-state index contributed by atoms with van der Waals surface area (Å²) in [5, 5.41) is 3.37. The molecule has 0 saturated heterocycles. The molecule has 19 heavy (non-hydrogen) atoms. The maximum Gasteiger partial charge on any atom is 0.240 e. The van der Waals surface area contributed by atoms with Gasteiger partial charge in [-0.2, -0.15) is 0 Å². The van der Waals surface area contributed by atoms with Gasteiger partial charge in [0.1, 0.15) is 5.54 Å². The van der Waals surface area contributed by atoms with Crippen molar-refractivity contribution < 1.29 is 9.53 Å². The van der Waals surface area contributed by atoms with Crippen LogP contribution in [0.1, 0.15) is 51.9 Å². The molecule has 0 aromatic carbocycles. The Balaban J connectivity index is 1.86. The first-order chi connectivity index (χ1) is 9.19. The molecule has 0 bridgehead atoms. The molecule has 1 atom stereocenters. The van der Waals surface area contributed by atoms with Crippen LogP contribution in [-0.2, 0) is 9.53 Å². The number of carbonyl (C=O) groups excluding carboxylic acids is 1. The first-order valence-corrected chi connectivity index (χ1v) is 7.81. The maximum absolute atomic E-state index is 11.9. The normalized spacial score (nSPS) is 23.4. The summed E-state index contributed by atoms with van der Waals surface area (Å²) < 4.78 is 5.88. The molecule has 2 aliphatic carbocycles. The minimum absolute atomic E-state index is 0.241. The topological polar surface area (TPSA) is 64.3 Å². The molecule has 110 valence electrons. The van der Waals surface area contributed by atoms with Gasteiger partial charge in [0.25, 0.3) is 0 Å². The summed E-state index contributed by atoms with van der Waals surface area (Å²) in [6, 6.07) is 0. The highest BCUT2D eigenvalue weighted by Crippen LogP contribution is 2.40. The van der Waals surface area contributed by atoms with Crippen LogP contribution in [0.5, 0.6) is 0 Å². The van der Waals surface area contributed by atoms with Gasteiger partial charge in [-0.25, -0.2) is 0 Å². The number of nitrogens with one attached hydrogen (secondary N) is 1. The van der Waals surface area contributed by atoms with Crippen molar-refractivity contribution in [3.05, 3.63) is 0 Å². The molecule has 0 aromatic rings. The lowest BCUT2D eigenvalue weighted by Crippen LogP contribution is -2.60. The molecule has 4 heteroatoms. The molecule has 0 aromatic heterocycles. The van der Waals surface area contributed by atoms with E-state index in [0.29, 0.717) is 18.4 Å². The van der Waals surface area contributed by atoms with E-state index >= 15 is 0 Å². The number of nitrogens with two attached hydrogens (primary N) is 1. The molecule has 2 aliphatic rings. The van der Waals surface area contributed by atoms with Crippen molar-refractivity contribution in [1.82, 2.24) is 5.32 Å². The van der Waals surface area contributed by atoms with E-state index in [0.717, 1.165) is 32.4 Å². The number of hydrogen-bond acceptors (Lipinski definition) is 3. The largest absolute Gasteiger partial charge is 0.379 e. The molecule has 2 saturated carbocycles. The van der Waals surface area contributed by atoms with Gasteiger partial charge in [0.15, 0.2) is 0 Å². The van der Waals surface area contributed by atoms with Crippen LogP contribution in [0.15, 0.2) is 0 Å². The lowest BCUT2D eigenvalue weighted by atomic mass is 9.93. The molecular formula is C15H28N2O2. The van der Waals surface area contributed by atoms with Crippen LogP contribution in [0, 0.1) is 11.8 Å². The van der Waals surface area contributed by atoms with Crippen molar-refractivity contribution in [2.45, 2.75) is 57.4 Å². The number of primary amides is 1. The summed E-state index contributed by atoms with van der Waals surface area (Å²) in [6.07, 6.45) is 8.38. The van der Waals surface area contributed by atoms with E-state index in [9.17, 15) is 4.79 Å². The Morgan fingerprint density at radius 3 is 2.53 bits per heavy atom. The fourth-order valence-corrected chi connectivity index (χ4v) is 3.16. The molecular weight excluding hydrogens is 240 g/mol. The number of hydrogen-bond donors (Lipinski definition) is 2. The fraction of sp³-hybridized carbons (Fsp3) is 0.933. The van der Waals surface area contributed by atoms with Gasteiger partial charge < -0.3 is 15.8 Å². The third-order valence-corrected chi connectivity index (χ3v) is 4.56. The molecule has 2 fully saturated rings. The fourth-order valence-electron chi connectivity index (χ4n) is 3.16. The Hall–Kier alpha value is -0.610. The van der Waals surface area contributed by atoms with Crippen molar-refractivity contribution in [3.8, 4) is 0 Å². The van der Waals surface area contributed by atoms with Gasteiger partial charge in [-0.3, -0.25) is 4.79 Å². The van der Waals surface area contributed by atoms with Gasteiger partial charge in [0, 0.05) is 6.61 Å². The predicted molar refractivity (Wildman–Crippen MR) is 75.7 cm³/mol. The van der Waals surface area contributed by atoms with Gasteiger partial charge in [0.05, 0.1) is 6.61 Å². The maximum atomic E-state index is 11.9. The molecule has 1 amide bonds. The summed E-state index contributed by atoms with van der Waals surface area (Å²) in [7, 11) is 0. The second-order valence-electron chi connectivity index (χ2n) is 6.20. The van der Waals surface area contributed by atoms with E-state index < -0.39 is 5.54 Å². The summed E-state index contributed by atoms with van der Waals surface area (Å²) >= 11 is 0. The molecule has 2 rings (SSSR count). The molecule has 1 unspecified atom stereocenters. The molecule has 0 heterocycles. The van der Waals surface area contributed by atoms with Crippen LogP contribution in [0.25, 0.3) is 0 Å².